The van der Waals surface area contributed by atoms with Crippen LogP contribution in [-0.4, -0.2) is 35.9 Å². The summed E-state index contributed by atoms with van der Waals surface area (Å²) < 4.78 is 13.4. The van der Waals surface area contributed by atoms with Crippen molar-refractivity contribution in [3.8, 4) is 0 Å². The second-order valence-electron chi connectivity index (χ2n) is 9.61. The van der Waals surface area contributed by atoms with Gasteiger partial charge in [-0.05, 0) is 88.4 Å². The summed E-state index contributed by atoms with van der Waals surface area (Å²) >= 11 is 0. The quantitative estimate of drug-likeness (QED) is 0.456. The van der Waals surface area contributed by atoms with E-state index in [0.29, 0.717) is 12.3 Å². The predicted octanol–water partition coefficient (Wildman–Crippen LogP) is 5.81. The standard InChI is InChI=1S/C27H34FN3O.ClH/c1-19(16-21-18-29-25-7-5-4-6-24(21)25)30-26(32)17-20-12-14-27(15-13-20,31(2)3)22-8-10-23(28)11-9-22;/h4-11,18-20,29H,12-17H2,1-3H3,(H,30,32);1H. The number of halogens is 2. The van der Waals surface area contributed by atoms with Crippen LogP contribution in [0.15, 0.2) is 54.7 Å². The van der Waals surface area contributed by atoms with Crippen molar-refractivity contribution in [2.45, 2.75) is 57.0 Å². The molecular formula is C27H35ClFN3O. The van der Waals surface area contributed by atoms with Gasteiger partial charge in [0, 0.05) is 35.1 Å². The summed E-state index contributed by atoms with van der Waals surface area (Å²) in [6, 6.07) is 15.3. The molecule has 1 aliphatic rings. The monoisotopic (exact) mass is 471 g/mol. The Balaban J connectivity index is 0.00000306. The van der Waals surface area contributed by atoms with E-state index < -0.39 is 0 Å². The molecule has 0 radical (unpaired) electrons. The Morgan fingerprint density at radius 1 is 1.15 bits per heavy atom. The van der Waals surface area contributed by atoms with E-state index in [1.807, 2.05) is 30.5 Å². The number of rotatable bonds is 7. The van der Waals surface area contributed by atoms with Gasteiger partial charge in [0.2, 0.25) is 5.91 Å². The fraction of sp³-hybridized carbons (Fsp3) is 0.444. The minimum Gasteiger partial charge on any atom is -0.361 e. The number of aromatic nitrogens is 1. The van der Waals surface area contributed by atoms with E-state index in [9.17, 15) is 9.18 Å². The Labute approximate surface area is 202 Å². The smallest absolute Gasteiger partial charge is 0.220 e. The first kappa shape index (κ1) is 25.3. The van der Waals surface area contributed by atoms with E-state index in [4.69, 9.17) is 0 Å². The van der Waals surface area contributed by atoms with E-state index in [1.165, 1.54) is 16.5 Å². The number of H-pyrrole nitrogens is 1. The first-order valence-corrected chi connectivity index (χ1v) is 11.7. The molecule has 1 fully saturated rings. The zero-order valence-corrected chi connectivity index (χ0v) is 20.6. The number of para-hydroxylation sites is 1. The van der Waals surface area contributed by atoms with Crippen molar-refractivity contribution < 1.29 is 9.18 Å². The van der Waals surface area contributed by atoms with Gasteiger partial charge in [-0.25, -0.2) is 4.39 Å². The Morgan fingerprint density at radius 3 is 2.48 bits per heavy atom. The molecule has 1 saturated carbocycles. The number of aromatic amines is 1. The summed E-state index contributed by atoms with van der Waals surface area (Å²) in [7, 11) is 4.20. The zero-order chi connectivity index (χ0) is 22.7. The van der Waals surface area contributed by atoms with Crippen LogP contribution in [0.1, 0.15) is 50.2 Å². The van der Waals surface area contributed by atoms with Gasteiger partial charge < -0.3 is 10.3 Å². The zero-order valence-electron chi connectivity index (χ0n) is 19.7. The summed E-state index contributed by atoms with van der Waals surface area (Å²) in [5.41, 5.74) is 3.46. The number of benzene rings is 2. The summed E-state index contributed by atoms with van der Waals surface area (Å²) in [4.78, 5) is 18.3. The molecule has 1 atom stereocenters. The van der Waals surface area contributed by atoms with E-state index in [1.54, 1.807) is 12.1 Å². The number of carbonyl (C=O) groups excluding carboxylic acids is 1. The van der Waals surface area contributed by atoms with Gasteiger partial charge in [0.05, 0.1) is 0 Å². The highest BCUT2D eigenvalue weighted by Gasteiger charge is 2.39. The van der Waals surface area contributed by atoms with Crippen LogP contribution < -0.4 is 5.32 Å². The number of fused-ring (bicyclic) bond motifs is 1. The molecule has 33 heavy (non-hydrogen) atoms. The molecular weight excluding hydrogens is 437 g/mol. The molecule has 4 nitrogen and oxygen atoms in total. The van der Waals surface area contributed by atoms with E-state index in [-0.39, 0.29) is 35.7 Å². The maximum atomic E-state index is 13.4. The van der Waals surface area contributed by atoms with E-state index >= 15 is 0 Å². The highest BCUT2D eigenvalue weighted by molar-refractivity contribution is 5.85. The van der Waals surface area contributed by atoms with Crippen molar-refractivity contribution in [1.82, 2.24) is 15.2 Å². The second-order valence-corrected chi connectivity index (χ2v) is 9.61. The van der Waals surface area contributed by atoms with Crippen molar-refractivity contribution in [1.29, 1.82) is 0 Å². The van der Waals surface area contributed by atoms with Gasteiger partial charge >= 0.3 is 0 Å². The molecule has 6 heteroatoms. The van der Waals surface area contributed by atoms with Crippen molar-refractivity contribution in [3.63, 3.8) is 0 Å². The van der Waals surface area contributed by atoms with Crippen LogP contribution in [0.3, 0.4) is 0 Å². The van der Waals surface area contributed by atoms with E-state index in [2.05, 4.69) is 48.4 Å². The van der Waals surface area contributed by atoms with Crippen LogP contribution in [0.4, 0.5) is 4.39 Å². The van der Waals surface area contributed by atoms with Gasteiger partial charge in [-0.15, -0.1) is 12.4 Å². The average Bonchev–Trinajstić information content (AvgIpc) is 3.17. The largest absolute Gasteiger partial charge is 0.361 e. The molecule has 2 aromatic carbocycles. The molecule has 1 heterocycles. The maximum Gasteiger partial charge on any atom is 0.220 e. The Kier molecular flexibility index (Phi) is 8.19. The van der Waals surface area contributed by atoms with Crippen LogP contribution >= 0.6 is 12.4 Å². The minimum atomic E-state index is -0.199. The average molecular weight is 472 g/mol. The maximum absolute atomic E-state index is 13.4. The summed E-state index contributed by atoms with van der Waals surface area (Å²) in [5.74, 6) is 0.333. The van der Waals surface area contributed by atoms with Crippen LogP contribution in [0.5, 0.6) is 0 Å². The molecule has 0 spiro atoms. The third-order valence-electron chi connectivity index (χ3n) is 7.25. The molecule has 0 bridgehead atoms. The highest BCUT2D eigenvalue weighted by atomic mass is 35.5. The third-order valence-corrected chi connectivity index (χ3v) is 7.25. The third kappa shape index (κ3) is 5.59. The summed E-state index contributed by atoms with van der Waals surface area (Å²) in [6.07, 6.45) is 7.40. The van der Waals surface area contributed by atoms with Crippen LogP contribution in [0, 0.1) is 11.7 Å². The topological polar surface area (TPSA) is 48.1 Å². The Morgan fingerprint density at radius 2 is 1.82 bits per heavy atom. The number of nitrogens with one attached hydrogen (secondary N) is 2. The summed E-state index contributed by atoms with van der Waals surface area (Å²) in [6.45, 7) is 2.08. The van der Waals surface area contributed by atoms with Gasteiger partial charge in [0.1, 0.15) is 5.82 Å². The molecule has 1 amide bonds. The lowest BCUT2D eigenvalue weighted by atomic mass is 9.71. The number of nitrogens with zero attached hydrogens (tertiary/aromatic N) is 1. The minimum absolute atomic E-state index is 0. The lowest BCUT2D eigenvalue weighted by Crippen LogP contribution is -2.45. The molecule has 0 aliphatic heterocycles. The molecule has 0 saturated heterocycles. The Hall–Kier alpha value is -2.37. The Bertz CT molecular complexity index is 1050. The first-order valence-electron chi connectivity index (χ1n) is 11.7. The lowest BCUT2D eigenvalue weighted by molar-refractivity contribution is -0.123. The molecule has 1 unspecified atom stereocenters. The van der Waals surface area contributed by atoms with Gasteiger partial charge in [-0.2, -0.15) is 0 Å². The normalized spacial score (nSPS) is 21.5. The molecule has 1 aliphatic carbocycles. The van der Waals surface area contributed by atoms with Crippen molar-refractivity contribution in [2.24, 2.45) is 5.92 Å². The van der Waals surface area contributed by atoms with Crippen LogP contribution in [0.2, 0.25) is 0 Å². The molecule has 178 valence electrons. The van der Waals surface area contributed by atoms with Gasteiger partial charge in [-0.1, -0.05) is 30.3 Å². The molecule has 4 rings (SSSR count). The number of carbonyl (C=O) groups is 1. The van der Waals surface area contributed by atoms with Crippen molar-refractivity contribution in [3.05, 3.63) is 71.7 Å². The first-order chi connectivity index (χ1) is 15.4. The number of hydrogen-bond donors (Lipinski definition) is 2. The van der Waals surface area contributed by atoms with Crippen LogP contribution in [-0.2, 0) is 16.8 Å². The van der Waals surface area contributed by atoms with Gasteiger partial charge in [0.15, 0.2) is 0 Å². The van der Waals surface area contributed by atoms with Gasteiger partial charge in [0.25, 0.3) is 0 Å². The van der Waals surface area contributed by atoms with E-state index in [0.717, 1.165) is 37.6 Å². The SMILES string of the molecule is CC(Cc1c[nH]c2ccccc12)NC(=O)CC1CCC(c2ccc(F)cc2)(N(C)C)CC1.Cl. The predicted molar refractivity (Wildman–Crippen MR) is 135 cm³/mol. The number of amides is 1. The molecule has 2 N–H and O–H groups in total. The fourth-order valence-electron chi connectivity index (χ4n) is 5.39. The van der Waals surface area contributed by atoms with Crippen molar-refractivity contribution in [2.75, 3.05) is 14.1 Å². The fourth-order valence-corrected chi connectivity index (χ4v) is 5.39. The van der Waals surface area contributed by atoms with Crippen molar-refractivity contribution >= 4 is 29.2 Å². The molecule has 1 aromatic heterocycles. The number of hydrogen-bond acceptors (Lipinski definition) is 2. The van der Waals surface area contributed by atoms with Crippen LogP contribution in [0.25, 0.3) is 10.9 Å². The second kappa shape index (κ2) is 10.7. The highest BCUT2D eigenvalue weighted by Crippen LogP contribution is 2.43. The van der Waals surface area contributed by atoms with Gasteiger partial charge in [-0.3, -0.25) is 9.69 Å². The lowest BCUT2D eigenvalue weighted by Gasteiger charge is -2.45. The molecule has 3 aromatic rings. The summed E-state index contributed by atoms with van der Waals surface area (Å²) in [5, 5.41) is 4.43.